The van der Waals surface area contributed by atoms with E-state index in [4.69, 9.17) is 5.11 Å². The second-order valence-electron chi connectivity index (χ2n) is 5.58. The van der Waals surface area contributed by atoms with Crippen molar-refractivity contribution in [3.05, 3.63) is 53.7 Å². The zero-order valence-electron chi connectivity index (χ0n) is 12.5. The van der Waals surface area contributed by atoms with Crippen LogP contribution in [0.25, 0.3) is 20.7 Å². The smallest absolute Gasteiger partial charge is 0.189 e. The van der Waals surface area contributed by atoms with Gasteiger partial charge in [0.2, 0.25) is 0 Å². The Labute approximate surface area is 133 Å². The van der Waals surface area contributed by atoms with Crippen LogP contribution in [0, 0.1) is 0 Å². The van der Waals surface area contributed by atoms with Crippen molar-refractivity contribution in [2.45, 2.75) is 19.8 Å². The van der Waals surface area contributed by atoms with Crippen LogP contribution in [0.2, 0.25) is 0 Å². The van der Waals surface area contributed by atoms with Gasteiger partial charge in [-0.05, 0) is 29.2 Å². The number of aliphatic hydroxyl groups excluding tert-OH is 1. The van der Waals surface area contributed by atoms with Crippen LogP contribution in [-0.4, -0.2) is 22.5 Å². The summed E-state index contributed by atoms with van der Waals surface area (Å²) in [4.78, 5) is 17.0. The van der Waals surface area contributed by atoms with Crippen LogP contribution in [0.4, 0.5) is 0 Å². The fraction of sp³-hybridized carbons (Fsp3) is 0.222. The Morgan fingerprint density at radius 1 is 1.23 bits per heavy atom. The lowest BCUT2D eigenvalue weighted by Crippen LogP contribution is -2.04. The van der Waals surface area contributed by atoms with Crippen molar-refractivity contribution < 1.29 is 9.90 Å². The molecule has 0 fully saturated rings. The molecule has 2 heterocycles. The summed E-state index contributed by atoms with van der Waals surface area (Å²) >= 11 is 1.61. The lowest BCUT2D eigenvalue weighted by molar-refractivity contribution is 0.0903. The van der Waals surface area contributed by atoms with Gasteiger partial charge in [-0.15, -0.1) is 11.3 Å². The second-order valence-corrected chi connectivity index (χ2v) is 6.66. The summed E-state index contributed by atoms with van der Waals surface area (Å²) in [5.41, 5.74) is 3.81. The number of Topliss-reactive ketones (excluding diaryl/α,β-unsaturated/α-hetero) is 1. The quantitative estimate of drug-likeness (QED) is 0.732. The molecule has 0 saturated heterocycles. The number of pyridine rings is 1. The van der Waals surface area contributed by atoms with E-state index >= 15 is 0 Å². The molecule has 0 spiro atoms. The van der Waals surface area contributed by atoms with Crippen LogP contribution in [0.5, 0.6) is 0 Å². The third-order valence-electron chi connectivity index (χ3n) is 3.70. The fourth-order valence-electron chi connectivity index (χ4n) is 2.34. The molecule has 1 N–H and O–H groups in total. The van der Waals surface area contributed by atoms with E-state index in [-0.39, 0.29) is 5.78 Å². The van der Waals surface area contributed by atoms with Gasteiger partial charge in [0.15, 0.2) is 5.78 Å². The summed E-state index contributed by atoms with van der Waals surface area (Å²) in [5, 5.41) is 8.94. The van der Waals surface area contributed by atoms with Crippen molar-refractivity contribution in [1.82, 2.24) is 4.98 Å². The normalized spacial score (nSPS) is 11.3. The van der Waals surface area contributed by atoms with E-state index < -0.39 is 6.61 Å². The molecule has 0 aliphatic carbocycles. The monoisotopic (exact) mass is 311 g/mol. The maximum Gasteiger partial charge on any atom is 0.189 e. The molecule has 2 aromatic heterocycles. The second kappa shape index (κ2) is 5.99. The number of hydrogen-bond donors (Lipinski definition) is 1. The summed E-state index contributed by atoms with van der Waals surface area (Å²) in [6.45, 7) is 3.87. The van der Waals surface area contributed by atoms with Gasteiger partial charge in [0.05, 0.1) is 10.2 Å². The van der Waals surface area contributed by atoms with Gasteiger partial charge in [0, 0.05) is 16.6 Å². The highest BCUT2D eigenvalue weighted by molar-refractivity contribution is 7.22. The molecule has 3 aromatic rings. The Morgan fingerprint density at radius 2 is 1.95 bits per heavy atom. The number of carbonyl (C=O) groups is 1. The van der Waals surface area contributed by atoms with Crippen molar-refractivity contribution in [3.63, 3.8) is 0 Å². The SMILES string of the molecule is CC(C)c1ccc(-c2cc3ncc(C(=O)CO)cc3s2)cc1. The minimum atomic E-state index is -0.484. The Balaban J connectivity index is 1.99. The van der Waals surface area contributed by atoms with E-state index in [1.165, 1.54) is 11.8 Å². The number of hydrogen-bond acceptors (Lipinski definition) is 4. The number of ketones is 1. The largest absolute Gasteiger partial charge is 0.388 e. The van der Waals surface area contributed by atoms with Gasteiger partial charge in [-0.3, -0.25) is 9.78 Å². The highest BCUT2D eigenvalue weighted by atomic mass is 32.1. The number of rotatable bonds is 4. The van der Waals surface area contributed by atoms with Gasteiger partial charge in [-0.2, -0.15) is 0 Å². The molecule has 0 unspecified atom stereocenters. The molecule has 3 nitrogen and oxygen atoms in total. The molecule has 0 aliphatic rings. The molecule has 22 heavy (non-hydrogen) atoms. The molecule has 0 bridgehead atoms. The van der Waals surface area contributed by atoms with Crippen LogP contribution in [0.3, 0.4) is 0 Å². The summed E-state index contributed by atoms with van der Waals surface area (Å²) < 4.78 is 0.960. The molecule has 1 aromatic carbocycles. The zero-order valence-corrected chi connectivity index (χ0v) is 13.4. The van der Waals surface area contributed by atoms with Gasteiger partial charge >= 0.3 is 0 Å². The lowest BCUT2D eigenvalue weighted by Gasteiger charge is -2.05. The van der Waals surface area contributed by atoms with E-state index in [1.807, 2.05) is 6.07 Å². The standard InChI is InChI=1S/C18H17NO2S/c1-11(2)12-3-5-13(6-4-12)17-8-15-18(22-17)7-14(9-19-15)16(21)10-20/h3-9,11,20H,10H2,1-2H3. The average molecular weight is 311 g/mol. The minimum absolute atomic E-state index is 0.300. The van der Waals surface area contributed by atoms with E-state index in [1.54, 1.807) is 17.4 Å². The molecule has 4 heteroatoms. The van der Waals surface area contributed by atoms with E-state index in [2.05, 4.69) is 43.1 Å². The first-order valence-corrected chi connectivity index (χ1v) is 8.04. The molecule has 0 amide bonds. The maximum atomic E-state index is 11.5. The Kier molecular flexibility index (Phi) is 4.05. The van der Waals surface area contributed by atoms with Crippen LogP contribution < -0.4 is 0 Å². The summed E-state index contributed by atoms with van der Waals surface area (Å²) in [6, 6.07) is 12.4. The van der Waals surface area contributed by atoms with Crippen LogP contribution in [-0.2, 0) is 0 Å². The predicted molar refractivity (Wildman–Crippen MR) is 90.6 cm³/mol. The molecular formula is C18H17NO2S. The molecule has 0 saturated carbocycles. The summed E-state index contributed by atoms with van der Waals surface area (Å²) in [7, 11) is 0. The van der Waals surface area contributed by atoms with Crippen molar-refractivity contribution in [2.75, 3.05) is 6.61 Å². The van der Waals surface area contributed by atoms with Gasteiger partial charge in [0.25, 0.3) is 0 Å². The highest BCUT2D eigenvalue weighted by Gasteiger charge is 2.10. The van der Waals surface area contributed by atoms with Gasteiger partial charge < -0.3 is 5.11 Å². The zero-order chi connectivity index (χ0) is 15.7. The lowest BCUT2D eigenvalue weighted by atomic mass is 10.0. The highest BCUT2D eigenvalue weighted by Crippen LogP contribution is 2.33. The molecule has 0 atom stereocenters. The average Bonchev–Trinajstić information content (AvgIpc) is 2.97. The minimum Gasteiger partial charge on any atom is -0.388 e. The van der Waals surface area contributed by atoms with Gasteiger partial charge in [-0.1, -0.05) is 38.1 Å². The third-order valence-corrected chi connectivity index (χ3v) is 4.82. The van der Waals surface area contributed by atoms with Gasteiger partial charge in [0.1, 0.15) is 6.61 Å². The number of carbonyl (C=O) groups excluding carboxylic acids is 1. The topological polar surface area (TPSA) is 50.2 Å². The number of thiophene rings is 1. The van der Waals surface area contributed by atoms with Gasteiger partial charge in [-0.25, -0.2) is 0 Å². The maximum absolute atomic E-state index is 11.5. The van der Waals surface area contributed by atoms with E-state index in [0.29, 0.717) is 11.5 Å². The first-order chi connectivity index (χ1) is 10.6. The number of benzene rings is 1. The van der Waals surface area contributed by atoms with Crippen molar-refractivity contribution in [3.8, 4) is 10.4 Å². The van der Waals surface area contributed by atoms with Crippen LogP contribution >= 0.6 is 11.3 Å². The third kappa shape index (κ3) is 2.80. The molecule has 0 radical (unpaired) electrons. The predicted octanol–water partition coefficient (Wildman–Crippen LogP) is 4.26. The Bertz CT molecular complexity index is 819. The first-order valence-electron chi connectivity index (χ1n) is 7.22. The molecular weight excluding hydrogens is 294 g/mol. The fourth-order valence-corrected chi connectivity index (χ4v) is 3.40. The first kappa shape index (κ1) is 14.9. The van der Waals surface area contributed by atoms with Crippen LogP contribution in [0.15, 0.2) is 42.6 Å². The summed E-state index contributed by atoms with van der Waals surface area (Å²) in [6.07, 6.45) is 1.53. The summed E-state index contributed by atoms with van der Waals surface area (Å²) in [5.74, 6) is 0.218. The van der Waals surface area contributed by atoms with Crippen molar-refractivity contribution in [2.24, 2.45) is 0 Å². The number of aromatic nitrogens is 1. The van der Waals surface area contributed by atoms with Crippen molar-refractivity contribution in [1.29, 1.82) is 0 Å². The van der Waals surface area contributed by atoms with E-state index in [9.17, 15) is 4.79 Å². The Hall–Kier alpha value is -2.04. The number of nitrogens with zero attached hydrogens (tertiary/aromatic N) is 1. The van der Waals surface area contributed by atoms with Crippen molar-refractivity contribution >= 4 is 27.3 Å². The number of aliphatic hydroxyl groups is 1. The van der Waals surface area contributed by atoms with Crippen LogP contribution in [0.1, 0.15) is 35.7 Å². The number of fused-ring (bicyclic) bond motifs is 1. The molecule has 112 valence electrons. The van der Waals surface area contributed by atoms with E-state index in [0.717, 1.165) is 20.7 Å². The molecule has 0 aliphatic heterocycles. The Morgan fingerprint density at radius 3 is 2.59 bits per heavy atom. The molecule has 3 rings (SSSR count).